The zero-order valence-electron chi connectivity index (χ0n) is 9.64. The molecule has 2 aromatic rings. The molecular weight excluding hydrogens is 218 g/mol. The van der Waals surface area contributed by atoms with Gasteiger partial charge in [0.1, 0.15) is 0 Å². The minimum absolute atomic E-state index is 0.280. The average molecular weight is 233 g/mol. The van der Waals surface area contributed by atoms with Gasteiger partial charge in [-0.3, -0.25) is 4.79 Å². The summed E-state index contributed by atoms with van der Waals surface area (Å²) in [6.07, 6.45) is 2.32. The summed E-state index contributed by atoms with van der Waals surface area (Å²) in [5, 5.41) is 1.21. The van der Waals surface area contributed by atoms with E-state index in [9.17, 15) is 4.79 Å². The van der Waals surface area contributed by atoms with Crippen LogP contribution in [0.4, 0.5) is 0 Å². The van der Waals surface area contributed by atoms with E-state index in [-0.39, 0.29) is 12.4 Å². The van der Waals surface area contributed by atoms with Crippen LogP contribution in [0.3, 0.4) is 0 Å². The van der Waals surface area contributed by atoms with Crippen molar-refractivity contribution < 1.29 is 9.63 Å². The highest BCUT2D eigenvalue weighted by atomic mass is 16.7. The molecule has 0 fully saturated rings. The smallest absolute Gasteiger partial charge is 0.328 e. The lowest BCUT2D eigenvalue weighted by atomic mass is 10.2. The molecule has 0 amide bonds. The summed E-state index contributed by atoms with van der Waals surface area (Å²) < 4.78 is 2.04. The molecule has 3 N–H and O–H groups in total. The van der Waals surface area contributed by atoms with Crippen LogP contribution in [0.5, 0.6) is 0 Å². The van der Waals surface area contributed by atoms with Crippen molar-refractivity contribution in [2.45, 2.75) is 19.9 Å². The van der Waals surface area contributed by atoms with Gasteiger partial charge in [0.25, 0.3) is 0 Å². The molecule has 0 aliphatic carbocycles. The molecule has 0 aliphatic heterocycles. The van der Waals surface area contributed by atoms with Crippen molar-refractivity contribution >= 4 is 16.9 Å². The van der Waals surface area contributed by atoms with E-state index in [4.69, 9.17) is 5.84 Å². The maximum absolute atomic E-state index is 11.2. The predicted octanol–water partition coefficient (Wildman–Crippen LogP) is 1.26. The van der Waals surface area contributed by atoms with E-state index in [1.807, 2.05) is 34.6 Å². The number of aryl methyl sites for hydroxylation is 2. The normalized spacial score (nSPS) is 10.7. The van der Waals surface area contributed by atoms with Gasteiger partial charge in [-0.1, -0.05) is 23.8 Å². The average Bonchev–Trinajstić information content (AvgIpc) is 2.65. The van der Waals surface area contributed by atoms with Crippen molar-refractivity contribution in [3.63, 3.8) is 0 Å². The molecule has 0 bridgehead atoms. The summed E-state index contributed by atoms with van der Waals surface area (Å²) in [6, 6.07) is 8.10. The molecular formula is C12H15N3O2. The molecule has 0 aliphatic rings. The zero-order valence-corrected chi connectivity index (χ0v) is 9.64. The van der Waals surface area contributed by atoms with Gasteiger partial charge in [-0.25, -0.2) is 5.84 Å². The molecule has 0 spiro atoms. The Morgan fingerprint density at radius 1 is 1.47 bits per heavy atom. The molecule has 5 heteroatoms. The van der Waals surface area contributed by atoms with Gasteiger partial charge in [0, 0.05) is 23.6 Å². The Hall–Kier alpha value is -1.85. The van der Waals surface area contributed by atoms with Crippen molar-refractivity contribution in [3.8, 4) is 0 Å². The van der Waals surface area contributed by atoms with Crippen molar-refractivity contribution in [1.82, 2.24) is 10.2 Å². The van der Waals surface area contributed by atoms with E-state index in [0.29, 0.717) is 6.54 Å². The van der Waals surface area contributed by atoms with Crippen LogP contribution >= 0.6 is 0 Å². The molecule has 0 saturated carbocycles. The number of rotatable bonds is 4. The minimum Gasteiger partial charge on any atom is -0.356 e. The van der Waals surface area contributed by atoms with E-state index in [2.05, 4.69) is 17.8 Å². The van der Waals surface area contributed by atoms with Gasteiger partial charge in [-0.15, -0.1) is 0 Å². The number of nitrogens with one attached hydrogen (secondary N) is 1. The number of carbonyl (C=O) groups is 1. The number of carbonyl (C=O) groups excluding carboxylic acids is 1. The number of hydrogen-bond donors (Lipinski definition) is 2. The predicted molar refractivity (Wildman–Crippen MR) is 64.7 cm³/mol. The highest BCUT2D eigenvalue weighted by molar-refractivity contribution is 5.83. The molecule has 1 aromatic heterocycles. The number of hydrazine groups is 1. The van der Waals surface area contributed by atoms with Gasteiger partial charge in [0.05, 0.1) is 6.42 Å². The fraction of sp³-hybridized carbons (Fsp3) is 0.250. The Morgan fingerprint density at radius 3 is 3.00 bits per heavy atom. The van der Waals surface area contributed by atoms with Crippen molar-refractivity contribution in [2.75, 3.05) is 0 Å². The van der Waals surface area contributed by atoms with E-state index in [1.165, 1.54) is 10.9 Å². The fourth-order valence-electron chi connectivity index (χ4n) is 1.94. The fourth-order valence-corrected chi connectivity index (χ4v) is 1.94. The Labute approximate surface area is 99.1 Å². The lowest BCUT2D eigenvalue weighted by molar-refractivity contribution is -0.151. The first-order valence-corrected chi connectivity index (χ1v) is 5.42. The summed E-state index contributed by atoms with van der Waals surface area (Å²) in [6.45, 7) is 2.63. The standard InChI is InChI=1S/C12H15N3O2/c1-9-8-15(7-6-12(16)17-14-13)11-5-3-2-4-10(9)11/h2-5,8,14H,6-7,13H2,1H3. The molecule has 17 heavy (non-hydrogen) atoms. The summed E-state index contributed by atoms with van der Waals surface area (Å²) in [5.74, 6) is 4.52. The topological polar surface area (TPSA) is 69.3 Å². The number of nitrogens with zero attached hydrogens (tertiary/aromatic N) is 1. The summed E-state index contributed by atoms with van der Waals surface area (Å²) in [5.41, 5.74) is 4.21. The highest BCUT2D eigenvalue weighted by Crippen LogP contribution is 2.20. The Balaban J connectivity index is 2.16. The van der Waals surface area contributed by atoms with Gasteiger partial charge in [-0.2, -0.15) is 0 Å². The quantitative estimate of drug-likeness (QED) is 0.616. The Bertz CT molecular complexity index is 534. The number of hydrogen-bond acceptors (Lipinski definition) is 4. The first-order chi connectivity index (χ1) is 8.22. The first kappa shape index (κ1) is 11.6. The molecule has 0 saturated heterocycles. The maximum Gasteiger partial charge on any atom is 0.328 e. The van der Waals surface area contributed by atoms with Crippen LogP contribution in [-0.2, 0) is 16.2 Å². The van der Waals surface area contributed by atoms with E-state index >= 15 is 0 Å². The van der Waals surface area contributed by atoms with Gasteiger partial charge < -0.3 is 9.40 Å². The van der Waals surface area contributed by atoms with E-state index in [1.54, 1.807) is 0 Å². The monoisotopic (exact) mass is 233 g/mol. The number of para-hydroxylation sites is 1. The minimum atomic E-state index is -0.372. The second kappa shape index (κ2) is 4.99. The summed E-state index contributed by atoms with van der Waals surface area (Å²) in [4.78, 5) is 15.6. The van der Waals surface area contributed by atoms with Crippen LogP contribution in [0.1, 0.15) is 12.0 Å². The second-order valence-corrected chi connectivity index (χ2v) is 3.86. The van der Waals surface area contributed by atoms with E-state index in [0.717, 1.165) is 5.52 Å². The number of aromatic nitrogens is 1. The SMILES string of the molecule is Cc1cn(CCC(=O)ONN)c2ccccc12. The van der Waals surface area contributed by atoms with Gasteiger partial charge >= 0.3 is 5.97 Å². The van der Waals surface area contributed by atoms with Gasteiger partial charge in [0.2, 0.25) is 0 Å². The lowest BCUT2D eigenvalue weighted by Crippen LogP contribution is -2.26. The molecule has 0 unspecified atom stereocenters. The zero-order chi connectivity index (χ0) is 12.3. The number of benzene rings is 1. The molecule has 2 rings (SSSR count). The highest BCUT2D eigenvalue weighted by Gasteiger charge is 2.07. The van der Waals surface area contributed by atoms with E-state index < -0.39 is 0 Å². The lowest BCUT2D eigenvalue weighted by Gasteiger charge is -2.04. The maximum atomic E-state index is 11.2. The third-order valence-corrected chi connectivity index (χ3v) is 2.72. The van der Waals surface area contributed by atoms with Gasteiger partial charge in [0.15, 0.2) is 0 Å². The Morgan fingerprint density at radius 2 is 2.24 bits per heavy atom. The third kappa shape index (κ3) is 2.46. The molecule has 1 heterocycles. The van der Waals surface area contributed by atoms with Crippen LogP contribution in [0, 0.1) is 6.92 Å². The molecule has 0 atom stereocenters. The van der Waals surface area contributed by atoms with Crippen LogP contribution < -0.4 is 11.4 Å². The molecule has 0 radical (unpaired) electrons. The summed E-state index contributed by atoms with van der Waals surface area (Å²) >= 11 is 0. The first-order valence-electron chi connectivity index (χ1n) is 5.42. The van der Waals surface area contributed by atoms with Crippen LogP contribution in [0.15, 0.2) is 30.5 Å². The molecule has 90 valence electrons. The number of fused-ring (bicyclic) bond motifs is 1. The van der Waals surface area contributed by atoms with Gasteiger partial charge in [-0.05, 0) is 18.6 Å². The second-order valence-electron chi connectivity index (χ2n) is 3.86. The van der Waals surface area contributed by atoms with Crippen LogP contribution in [0.25, 0.3) is 10.9 Å². The van der Waals surface area contributed by atoms with Crippen molar-refractivity contribution in [1.29, 1.82) is 0 Å². The van der Waals surface area contributed by atoms with Crippen molar-refractivity contribution in [2.24, 2.45) is 5.84 Å². The largest absolute Gasteiger partial charge is 0.356 e. The molecule has 1 aromatic carbocycles. The van der Waals surface area contributed by atoms with Crippen molar-refractivity contribution in [3.05, 3.63) is 36.0 Å². The Kier molecular flexibility index (Phi) is 3.41. The number of nitrogens with two attached hydrogens (primary N) is 1. The molecule has 5 nitrogen and oxygen atoms in total. The van der Waals surface area contributed by atoms with Crippen LogP contribution in [-0.4, -0.2) is 10.5 Å². The third-order valence-electron chi connectivity index (χ3n) is 2.72. The summed E-state index contributed by atoms with van der Waals surface area (Å²) in [7, 11) is 0. The van der Waals surface area contributed by atoms with Crippen LogP contribution in [0.2, 0.25) is 0 Å².